The van der Waals surface area contributed by atoms with Gasteiger partial charge in [-0.15, -0.1) is 0 Å². The summed E-state index contributed by atoms with van der Waals surface area (Å²) in [7, 11) is 0. The van der Waals surface area contributed by atoms with Crippen molar-refractivity contribution in [3.05, 3.63) is 34.9 Å². The van der Waals surface area contributed by atoms with Gasteiger partial charge in [-0.3, -0.25) is 0 Å². The maximum atomic E-state index is 10.6. The van der Waals surface area contributed by atoms with E-state index in [0.717, 1.165) is 18.9 Å². The van der Waals surface area contributed by atoms with Crippen molar-refractivity contribution in [2.75, 3.05) is 6.61 Å². The SMILES string of the molecule is N#CCC1(COc2c(Cl)cccc2/C=C/C(=O)O)CC1. The maximum absolute atomic E-state index is 10.6. The molecule has 1 fully saturated rings. The third kappa shape index (κ3) is 3.52. The summed E-state index contributed by atoms with van der Waals surface area (Å²) in [6.07, 6.45) is 4.92. The van der Waals surface area contributed by atoms with Crippen LogP contribution in [0.3, 0.4) is 0 Å². The van der Waals surface area contributed by atoms with Crippen LogP contribution in [-0.2, 0) is 4.79 Å². The average Bonchev–Trinajstić information content (AvgIpc) is 3.16. The fraction of sp³-hybridized carbons (Fsp3) is 0.333. The fourth-order valence-electron chi connectivity index (χ4n) is 1.91. The number of hydrogen-bond donors (Lipinski definition) is 1. The highest BCUT2D eigenvalue weighted by atomic mass is 35.5. The zero-order valence-electron chi connectivity index (χ0n) is 10.8. The number of halogens is 1. The van der Waals surface area contributed by atoms with E-state index >= 15 is 0 Å². The summed E-state index contributed by atoms with van der Waals surface area (Å²) in [6.45, 7) is 0.429. The Kier molecular flexibility index (Phi) is 4.31. The largest absolute Gasteiger partial charge is 0.491 e. The van der Waals surface area contributed by atoms with Gasteiger partial charge in [0.2, 0.25) is 0 Å². The molecule has 20 heavy (non-hydrogen) atoms. The molecule has 1 N–H and O–H groups in total. The number of para-hydroxylation sites is 1. The molecule has 0 unspecified atom stereocenters. The first-order valence-electron chi connectivity index (χ1n) is 6.26. The second-order valence-electron chi connectivity index (χ2n) is 4.95. The molecule has 104 valence electrons. The molecule has 0 heterocycles. The molecule has 0 atom stereocenters. The summed E-state index contributed by atoms with van der Waals surface area (Å²) in [5.74, 6) is -0.560. The van der Waals surface area contributed by atoms with Gasteiger partial charge in [-0.1, -0.05) is 23.7 Å². The Bertz CT molecular complexity index is 585. The molecule has 1 aliphatic rings. The molecule has 1 aromatic carbocycles. The predicted octanol–water partition coefficient (Wildman–Crippen LogP) is 3.51. The first kappa shape index (κ1) is 14.4. The highest BCUT2D eigenvalue weighted by Crippen LogP contribution is 2.49. The molecule has 1 aromatic rings. The highest BCUT2D eigenvalue weighted by molar-refractivity contribution is 6.32. The number of rotatable bonds is 6. The van der Waals surface area contributed by atoms with Gasteiger partial charge in [-0.05, 0) is 25.0 Å². The highest BCUT2D eigenvalue weighted by Gasteiger charge is 2.43. The molecule has 0 bridgehead atoms. The first-order valence-corrected chi connectivity index (χ1v) is 6.63. The average molecular weight is 292 g/mol. The van der Waals surface area contributed by atoms with Gasteiger partial charge < -0.3 is 9.84 Å². The zero-order valence-corrected chi connectivity index (χ0v) is 11.6. The van der Waals surface area contributed by atoms with Crippen LogP contribution >= 0.6 is 11.6 Å². The summed E-state index contributed by atoms with van der Waals surface area (Å²) >= 11 is 6.10. The Morgan fingerprint density at radius 3 is 2.90 bits per heavy atom. The first-order chi connectivity index (χ1) is 9.56. The van der Waals surface area contributed by atoms with Crippen molar-refractivity contribution in [3.63, 3.8) is 0 Å². The van der Waals surface area contributed by atoms with Crippen molar-refractivity contribution in [1.82, 2.24) is 0 Å². The summed E-state index contributed by atoms with van der Waals surface area (Å²) in [5.41, 5.74) is 0.564. The molecule has 0 amide bonds. The Labute approximate surface area is 122 Å². The quantitative estimate of drug-likeness (QED) is 0.814. The van der Waals surface area contributed by atoms with Crippen molar-refractivity contribution in [2.24, 2.45) is 5.41 Å². The van der Waals surface area contributed by atoms with Crippen molar-refractivity contribution < 1.29 is 14.6 Å². The van der Waals surface area contributed by atoms with Gasteiger partial charge in [0.1, 0.15) is 5.75 Å². The van der Waals surface area contributed by atoms with Gasteiger partial charge in [0.25, 0.3) is 0 Å². The Morgan fingerprint density at radius 2 is 2.30 bits per heavy atom. The molecule has 4 nitrogen and oxygen atoms in total. The number of benzene rings is 1. The number of carbonyl (C=O) groups is 1. The predicted molar refractivity (Wildman–Crippen MR) is 75.5 cm³/mol. The number of nitrogens with zero attached hydrogens (tertiary/aromatic N) is 1. The van der Waals surface area contributed by atoms with Gasteiger partial charge in [-0.25, -0.2) is 4.79 Å². The molecule has 2 rings (SSSR count). The third-order valence-electron chi connectivity index (χ3n) is 3.34. The molecule has 0 radical (unpaired) electrons. The van der Waals surface area contributed by atoms with E-state index in [4.69, 9.17) is 26.7 Å². The number of carboxylic acids is 1. The minimum Gasteiger partial charge on any atom is -0.491 e. The molecule has 0 spiro atoms. The van der Waals surface area contributed by atoms with E-state index in [0.29, 0.717) is 29.4 Å². The lowest BCUT2D eigenvalue weighted by atomic mass is 10.1. The lowest BCUT2D eigenvalue weighted by Gasteiger charge is -2.15. The standard InChI is InChI=1S/C15H14ClNO3/c16-12-3-1-2-11(4-5-13(18)19)14(12)20-10-15(6-7-15)8-9-17/h1-5H,6-8,10H2,(H,18,19)/b5-4+. The number of carboxylic acid groups (broad SMARTS) is 1. The third-order valence-corrected chi connectivity index (χ3v) is 3.63. The van der Waals surface area contributed by atoms with Crippen LogP contribution in [0, 0.1) is 16.7 Å². The van der Waals surface area contributed by atoms with Crippen molar-refractivity contribution in [3.8, 4) is 11.8 Å². The van der Waals surface area contributed by atoms with Crippen molar-refractivity contribution in [1.29, 1.82) is 5.26 Å². The van der Waals surface area contributed by atoms with Crippen LogP contribution in [0.2, 0.25) is 5.02 Å². The second kappa shape index (κ2) is 5.98. The van der Waals surface area contributed by atoms with Crippen LogP contribution in [0.5, 0.6) is 5.75 Å². The van der Waals surface area contributed by atoms with E-state index in [1.54, 1.807) is 18.2 Å². The second-order valence-corrected chi connectivity index (χ2v) is 5.36. The maximum Gasteiger partial charge on any atom is 0.328 e. The van der Waals surface area contributed by atoms with E-state index in [2.05, 4.69) is 6.07 Å². The number of ether oxygens (including phenoxy) is 1. The van der Waals surface area contributed by atoms with E-state index in [1.165, 1.54) is 6.08 Å². The van der Waals surface area contributed by atoms with Gasteiger partial charge >= 0.3 is 5.97 Å². The molecule has 0 saturated heterocycles. The molecule has 0 aliphatic heterocycles. The zero-order chi connectivity index (χ0) is 14.6. The van der Waals surface area contributed by atoms with Crippen LogP contribution < -0.4 is 4.74 Å². The van der Waals surface area contributed by atoms with Gasteiger partial charge in [0.05, 0.1) is 17.7 Å². The van der Waals surface area contributed by atoms with Crippen LogP contribution in [0.1, 0.15) is 24.8 Å². The Balaban J connectivity index is 2.14. The molecule has 1 aliphatic carbocycles. The van der Waals surface area contributed by atoms with Crippen LogP contribution in [0.15, 0.2) is 24.3 Å². The van der Waals surface area contributed by atoms with Crippen LogP contribution in [-0.4, -0.2) is 17.7 Å². The minimum absolute atomic E-state index is 0.0539. The smallest absolute Gasteiger partial charge is 0.328 e. The monoisotopic (exact) mass is 291 g/mol. The molecular weight excluding hydrogens is 278 g/mol. The fourth-order valence-corrected chi connectivity index (χ4v) is 2.15. The van der Waals surface area contributed by atoms with E-state index in [-0.39, 0.29) is 5.41 Å². The van der Waals surface area contributed by atoms with Gasteiger partial charge in [0.15, 0.2) is 0 Å². The summed E-state index contributed by atoms with van der Waals surface area (Å²) in [6, 6.07) is 7.34. The normalized spacial score (nSPS) is 15.8. The molecular formula is C15H14ClNO3. The van der Waals surface area contributed by atoms with Crippen molar-refractivity contribution >= 4 is 23.6 Å². The topological polar surface area (TPSA) is 70.3 Å². The lowest BCUT2D eigenvalue weighted by Crippen LogP contribution is -2.13. The Morgan fingerprint density at radius 1 is 1.55 bits per heavy atom. The van der Waals surface area contributed by atoms with E-state index in [1.807, 2.05) is 0 Å². The molecule has 0 aromatic heterocycles. The van der Waals surface area contributed by atoms with E-state index < -0.39 is 5.97 Å². The van der Waals surface area contributed by atoms with E-state index in [9.17, 15) is 4.79 Å². The minimum atomic E-state index is -1.03. The summed E-state index contributed by atoms with van der Waals surface area (Å²) < 4.78 is 5.75. The van der Waals surface area contributed by atoms with Crippen molar-refractivity contribution in [2.45, 2.75) is 19.3 Å². The molecule has 5 heteroatoms. The van der Waals surface area contributed by atoms with Crippen LogP contribution in [0.25, 0.3) is 6.08 Å². The summed E-state index contributed by atoms with van der Waals surface area (Å²) in [5, 5.41) is 17.9. The number of nitriles is 1. The summed E-state index contributed by atoms with van der Waals surface area (Å²) in [4.78, 5) is 10.6. The number of aliphatic carboxylic acids is 1. The van der Waals surface area contributed by atoms with Gasteiger partial charge in [0, 0.05) is 23.5 Å². The Hall–Kier alpha value is -1.99. The molecule has 1 saturated carbocycles. The van der Waals surface area contributed by atoms with Gasteiger partial charge in [-0.2, -0.15) is 5.26 Å². The number of hydrogen-bond acceptors (Lipinski definition) is 3. The van der Waals surface area contributed by atoms with Crippen LogP contribution in [0.4, 0.5) is 0 Å². The lowest BCUT2D eigenvalue weighted by molar-refractivity contribution is -0.131.